The molecule has 120 valence electrons. The zero-order chi connectivity index (χ0) is 16.5. The lowest BCUT2D eigenvalue weighted by Gasteiger charge is -2.10. The van der Waals surface area contributed by atoms with Gasteiger partial charge in [-0.25, -0.2) is 0 Å². The van der Waals surface area contributed by atoms with Gasteiger partial charge in [0.25, 0.3) is 0 Å². The molecule has 0 saturated heterocycles. The Kier molecular flexibility index (Phi) is 6.56. The highest BCUT2D eigenvalue weighted by Crippen LogP contribution is 2.17. The van der Waals surface area contributed by atoms with Gasteiger partial charge >= 0.3 is 0 Å². The van der Waals surface area contributed by atoms with Gasteiger partial charge in [0.05, 0.1) is 6.61 Å². The van der Waals surface area contributed by atoms with Gasteiger partial charge in [0, 0.05) is 18.7 Å². The standard InChI is InChI=1S/C18H20N2O2S/c1-14(21)19-18(23)20-16-10-5-11-17(13-16)22-12-6-9-15-7-3-2-4-8-15/h2-5,7-8,10-11,13H,6,9,12H2,1H3,(H2,19,20,21,23). The number of carbonyl (C=O) groups is 1. The van der Waals surface area contributed by atoms with Gasteiger partial charge in [-0.15, -0.1) is 0 Å². The second-order valence-corrected chi connectivity index (χ2v) is 5.51. The molecule has 23 heavy (non-hydrogen) atoms. The molecule has 5 heteroatoms. The average molecular weight is 328 g/mol. The van der Waals surface area contributed by atoms with Crippen molar-refractivity contribution in [3.8, 4) is 5.75 Å². The number of carbonyl (C=O) groups excluding carboxylic acids is 1. The van der Waals surface area contributed by atoms with Crippen molar-refractivity contribution < 1.29 is 9.53 Å². The fourth-order valence-corrected chi connectivity index (χ4v) is 2.36. The van der Waals surface area contributed by atoms with Crippen LogP contribution in [0.5, 0.6) is 5.75 Å². The fraction of sp³-hybridized carbons (Fsp3) is 0.222. The minimum atomic E-state index is -0.198. The Morgan fingerprint density at radius 3 is 2.65 bits per heavy atom. The van der Waals surface area contributed by atoms with Crippen LogP contribution in [0.1, 0.15) is 18.9 Å². The van der Waals surface area contributed by atoms with Crippen LogP contribution in [-0.2, 0) is 11.2 Å². The maximum Gasteiger partial charge on any atom is 0.222 e. The summed E-state index contributed by atoms with van der Waals surface area (Å²) >= 11 is 5.03. The number of hydrogen-bond donors (Lipinski definition) is 2. The minimum absolute atomic E-state index is 0.198. The smallest absolute Gasteiger partial charge is 0.222 e. The molecule has 0 atom stereocenters. The first-order valence-corrected chi connectivity index (χ1v) is 7.89. The van der Waals surface area contributed by atoms with E-state index in [1.807, 2.05) is 42.5 Å². The highest BCUT2D eigenvalue weighted by atomic mass is 32.1. The Balaban J connectivity index is 1.78. The first-order chi connectivity index (χ1) is 11.1. The number of ether oxygens (including phenoxy) is 1. The van der Waals surface area contributed by atoms with Crippen LogP contribution in [0.4, 0.5) is 5.69 Å². The van der Waals surface area contributed by atoms with Crippen molar-refractivity contribution in [3.63, 3.8) is 0 Å². The van der Waals surface area contributed by atoms with Gasteiger partial charge in [-0.3, -0.25) is 4.79 Å². The molecule has 0 bridgehead atoms. The van der Waals surface area contributed by atoms with Gasteiger partial charge in [0.1, 0.15) is 5.75 Å². The zero-order valence-corrected chi connectivity index (χ0v) is 13.9. The summed E-state index contributed by atoms with van der Waals surface area (Å²) in [4.78, 5) is 10.9. The van der Waals surface area contributed by atoms with E-state index in [0.29, 0.717) is 6.61 Å². The molecule has 0 fully saturated rings. The third kappa shape index (κ3) is 6.48. The van der Waals surface area contributed by atoms with Crippen molar-refractivity contribution in [2.45, 2.75) is 19.8 Å². The summed E-state index contributed by atoms with van der Waals surface area (Å²) in [6.45, 7) is 2.06. The number of hydrogen-bond acceptors (Lipinski definition) is 3. The van der Waals surface area contributed by atoms with Crippen LogP contribution < -0.4 is 15.4 Å². The van der Waals surface area contributed by atoms with Crippen molar-refractivity contribution >= 4 is 28.9 Å². The maximum absolute atomic E-state index is 10.9. The summed E-state index contributed by atoms with van der Waals surface area (Å²) in [5.41, 5.74) is 2.09. The molecule has 0 aliphatic rings. The van der Waals surface area contributed by atoms with Crippen LogP contribution in [-0.4, -0.2) is 17.6 Å². The van der Waals surface area contributed by atoms with Gasteiger partial charge in [0.15, 0.2) is 5.11 Å². The second kappa shape index (κ2) is 8.90. The molecule has 2 aromatic carbocycles. The molecule has 0 heterocycles. The van der Waals surface area contributed by atoms with Crippen LogP contribution in [0.2, 0.25) is 0 Å². The molecule has 2 rings (SSSR count). The van der Waals surface area contributed by atoms with Crippen LogP contribution in [0.25, 0.3) is 0 Å². The van der Waals surface area contributed by atoms with E-state index >= 15 is 0 Å². The molecule has 1 amide bonds. The van der Waals surface area contributed by atoms with Crippen molar-refractivity contribution in [3.05, 3.63) is 60.2 Å². The monoisotopic (exact) mass is 328 g/mol. The Labute approximate surface area is 141 Å². The molecular weight excluding hydrogens is 308 g/mol. The van der Waals surface area contributed by atoms with E-state index < -0.39 is 0 Å². The molecule has 4 nitrogen and oxygen atoms in total. The van der Waals surface area contributed by atoms with Crippen molar-refractivity contribution in [2.75, 3.05) is 11.9 Å². The molecule has 2 N–H and O–H groups in total. The lowest BCUT2D eigenvalue weighted by Crippen LogP contribution is -2.32. The second-order valence-electron chi connectivity index (χ2n) is 5.10. The van der Waals surface area contributed by atoms with Crippen molar-refractivity contribution in [1.29, 1.82) is 0 Å². The van der Waals surface area contributed by atoms with Crippen molar-refractivity contribution in [1.82, 2.24) is 5.32 Å². The van der Waals surface area contributed by atoms with Crippen LogP contribution in [0.3, 0.4) is 0 Å². The number of anilines is 1. The van der Waals surface area contributed by atoms with Gasteiger partial charge in [0.2, 0.25) is 5.91 Å². The van der Waals surface area contributed by atoms with E-state index in [0.717, 1.165) is 24.3 Å². The van der Waals surface area contributed by atoms with Crippen molar-refractivity contribution in [2.24, 2.45) is 0 Å². The number of amides is 1. The van der Waals surface area contributed by atoms with Crippen LogP contribution in [0, 0.1) is 0 Å². The Hall–Kier alpha value is -2.40. The highest BCUT2D eigenvalue weighted by molar-refractivity contribution is 7.80. The van der Waals surface area contributed by atoms with E-state index in [-0.39, 0.29) is 11.0 Å². The third-order valence-electron chi connectivity index (χ3n) is 3.10. The molecule has 0 aromatic heterocycles. The molecule has 0 radical (unpaired) electrons. The number of aryl methyl sites for hydroxylation is 1. The summed E-state index contributed by atoms with van der Waals surface area (Å²) in [5.74, 6) is 0.574. The summed E-state index contributed by atoms with van der Waals surface area (Å²) in [7, 11) is 0. The van der Waals surface area contributed by atoms with Gasteiger partial charge in [-0.2, -0.15) is 0 Å². The first kappa shape index (κ1) is 17.0. The van der Waals surface area contributed by atoms with E-state index in [9.17, 15) is 4.79 Å². The minimum Gasteiger partial charge on any atom is -0.494 e. The van der Waals surface area contributed by atoms with E-state index in [2.05, 4.69) is 22.8 Å². The Morgan fingerprint density at radius 1 is 1.13 bits per heavy atom. The van der Waals surface area contributed by atoms with E-state index in [1.165, 1.54) is 12.5 Å². The van der Waals surface area contributed by atoms with Crippen LogP contribution in [0.15, 0.2) is 54.6 Å². The fourth-order valence-electron chi connectivity index (χ4n) is 2.10. The maximum atomic E-state index is 10.9. The molecule has 0 saturated carbocycles. The first-order valence-electron chi connectivity index (χ1n) is 7.49. The zero-order valence-electron chi connectivity index (χ0n) is 13.0. The lowest BCUT2D eigenvalue weighted by atomic mass is 10.1. The number of nitrogens with one attached hydrogen (secondary N) is 2. The predicted octanol–water partition coefficient (Wildman–Crippen LogP) is 3.53. The topological polar surface area (TPSA) is 50.4 Å². The summed E-state index contributed by atoms with van der Waals surface area (Å²) in [6.07, 6.45) is 1.94. The molecule has 0 spiro atoms. The highest BCUT2D eigenvalue weighted by Gasteiger charge is 2.01. The molecule has 0 aliphatic carbocycles. The summed E-state index contributed by atoms with van der Waals surface area (Å²) in [6, 6.07) is 17.8. The number of thiocarbonyl (C=S) groups is 1. The average Bonchev–Trinajstić information content (AvgIpc) is 2.52. The predicted molar refractivity (Wildman–Crippen MR) is 96.7 cm³/mol. The largest absolute Gasteiger partial charge is 0.494 e. The lowest BCUT2D eigenvalue weighted by molar-refractivity contribution is -0.117. The van der Waals surface area contributed by atoms with E-state index in [1.54, 1.807) is 0 Å². The quantitative estimate of drug-likeness (QED) is 0.629. The van der Waals surface area contributed by atoms with Gasteiger partial charge in [-0.05, 0) is 42.8 Å². The number of benzene rings is 2. The molecular formula is C18H20N2O2S. The normalized spacial score (nSPS) is 9.96. The SMILES string of the molecule is CC(=O)NC(=S)Nc1cccc(OCCCc2ccccc2)c1. The van der Waals surface area contributed by atoms with Gasteiger partial charge in [-0.1, -0.05) is 36.4 Å². The van der Waals surface area contributed by atoms with Gasteiger partial charge < -0.3 is 15.4 Å². The Morgan fingerprint density at radius 2 is 1.91 bits per heavy atom. The molecule has 0 unspecified atom stereocenters. The summed E-state index contributed by atoms with van der Waals surface area (Å²) in [5, 5.41) is 5.75. The Bertz CT molecular complexity index is 659. The molecule has 0 aliphatic heterocycles. The van der Waals surface area contributed by atoms with E-state index in [4.69, 9.17) is 17.0 Å². The number of rotatable bonds is 6. The molecule has 2 aromatic rings. The van der Waals surface area contributed by atoms with Crippen LogP contribution >= 0.6 is 12.2 Å². The third-order valence-corrected chi connectivity index (χ3v) is 3.31. The summed E-state index contributed by atoms with van der Waals surface area (Å²) < 4.78 is 5.76.